The van der Waals surface area contributed by atoms with Crippen LogP contribution >= 0.6 is 0 Å². The van der Waals surface area contributed by atoms with Gasteiger partial charge >= 0.3 is 6.09 Å². The Hall–Kier alpha value is -3.18. The summed E-state index contributed by atoms with van der Waals surface area (Å²) in [7, 11) is 0. The van der Waals surface area contributed by atoms with Crippen molar-refractivity contribution in [1.82, 2.24) is 14.8 Å². The Morgan fingerprint density at radius 3 is 2.09 bits per heavy atom. The highest BCUT2D eigenvalue weighted by molar-refractivity contribution is 5.73. The van der Waals surface area contributed by atoms with E-state index in [4.69, 9.17) is 4.74 Å². The molecule has 2 fully saturated rings. The first-order chi connectivity index (χ1) is 15.6. The number of pyridine rings is 1. The number of nitrogens with zero attached hydrogens (tertiary/aromatic N) is 3. The molecule has 32 heavy (non-hydrogen) atoms. The first-order valence-corrected chi connectivity index (χ1v) is 11.3. The largest absolute Gasteiger partial charge is 0.440 e. The quantitative estimate of drug-likeness (QED) is 0.576. The molecule has 0 saturated carbocycles. The highest BCUT2D eigenvalue weighted by atomic mass is 16.6. The van der Waals surface area contributed by atoms with E-state index in [2.05, 4.69) is 65.3 Å². The van der Waals surface area contributed by atoms with Gasteiger partial charge in [0, 0.05) is 44.9 Å². The number of rotatable bonds is 5. The number of carbonyl (C=O) groups excluding carboxylic acids is 1. The van der Waals surface area contributed by atoms with Crippen LogP contribution in [0.25, 0.3) is 0 Å². The lowest BCUT2D eigenvalue weighted by atomic mass is 9.70. The molecule has 0 bridgehead atoms. The number of hydrogen-bond acceptors (Lipinski definition) is 4. The Labute approximate surface area is 189 Å². The second-order valence-electron chi connectivity index (χ2n) is 9.00. The number of benzene rings is 2. The van der Waals surface area contributed by atoms with E-state index in [1.54, 1.807) is 0 Å². The predicted octanol–water partition coefficient (Wildman–Crippen LogP) is 4.98. The van der Waals surface area contributed by atoms with Crippen molar-refractivity contribution in [2.75, 3.05) is 13.1 Å². The van der Waals surface area contributed by atoms with Crippen LogP contribution in [0, 0.1) is 0 Å². The summed E-state index contributed by atoms with van der Waals surface area (Å²) < 4.78 is 6.29. The zero-order valence-electron chi connectivity index (χ0n) is 18.5. The third-order valence-electron chi connectivity index (χ3n) is 7.27. The van der Waals surface area contributed by atoms with Gasteiger partial charge < -0.3 is 4.74 Å². The average Bonchev–Trinajstić information content (AvgIpc) is 3.04. The van der Waals surface area contributed by atoms with Crippen LogP contribution in [0.4, 0.5) is 4.79 Å². The van der Waals surface area contributed by atoms with Crippen LogP contribution in [-0.2, 0) is 23.4 Å². The third-order valence-corrected chi connectivity index (χ3v) is 7.27. The normalized spacial score (nSPS) is 22.8. The highest BCUT2D eigenvalue weighted by Gasteiger charge is 2.63. The van der Waals surface area contributed by atoms with Crippen molar-refractivity contribution in [3.05, 3.63) is 102 Å². The first kappa shape index (κ1) is 20.7. The molecule has 3 aromatic rings. The third kappa shape index (κ3) is 3.56. The molecule has 1 spiro atoms. The van der Waals surface area contributed by atoms with E-state index in [-0.39, 0.29) is 6.09 Å². The zero-order chi connectivity index (χ0) is 22.0. The van der Waals surface area contributed by atoms with E-state index in [1.165, 1.54) is 5.56 Å². The van der Waals surface area contributed by atoms with Gasteiger partial charge in [0.25, 0.3) is 0 Å². The molecule has 0 N–H and O–H groups in total. The lowest BCUT2D eigenvalue weighted by Gasteiger charge is -2.48. The van der Waals surface area contributed by atoms with Crippen molar-refractivity contribution >= 4 is 6.09 Å². The van der Waals surface area contributed by atoms with Gasteiger partial charge in [0.15, 0.2) is 0 Å². The second-order valence-corrected chi connectivity index (χ2v) is 9.00. The molecular weight excluding hydrogens is 398 g/mol. The molecule has 164 valence electrons. The number of hydrogen-bond donors (Lipinski definition) is 0. The molecule has 2 aliphatic heterocycles. The molecule has 3 heterocycles. The van der Waals surface area contributed by atoms with Gasteiger partial charge in [0.05, 0.1) is 6.54 Å². The molecule has 0 radical (unpaired) electrons. The standard InChI is InChI=1S/C27H29N3O2/c1-26(24-10-6-3-7-11-24)27(32-25(31)30(26)21-22-8-4-2-5-9-22)14-18-29(19-15-27)20-23-12-16-28-17-13-23/h2-13,16-17H,14-15,18-21H2,1H3. The van der Waals surface area contributed by atoms with Crippen molar-refractivity contribution < 1.29 is 9.53 Å². The maximum Gasteiger partial charge on any atom is 0.411 e. The highest BCUT2D eigenvalue weighted by Crippen LogP contribution is 2.52. The SMILES string of the molecule is CC1(c2ccccc2)N(Cc2ccccc2)C(=O)OC12CCN(Cc1ccncc1)CC2. The summed E-state index contributed by atoms with van der Waals surface area (Å²) in [4.78, 5) is 21.8. The van der Waals surface area contributed by atoms with Gasteiger partial charge in [0.1, 0.15) is 11.1 Å². The van der Waals surface area contributed by atoms with Crippen LogP contribution in [-0.4, -0.2) is 39.6 Å². The summed E-state index contributed by atoms with van der Waals surface area (Å²) in [6.45, 7) is 5.39. The van der Waals surface area contributed by atoms with Gasteiger partial charge in [-0.1, -0.05) is 60.7 Å². The Balaban J connectivity index is 1.44. The summed E-state index contributed by atoms with van der Waals surface area (Å²) in [6.07, 6.45) is 5.07. The van der Waals surface area contributed by atoms with E-state index in [0.29, 0.717) is 6.54 Å². The number of carbonyl (C=O) groups is 1. The van der Waals surface area contributed by atoms with Gasteiger partial charge in [-0.15, -0.1) is 0 Å². The lowest BCUT2D eigenvalue weighted by Crippen LogP contribution is -2.58. The van der Waals surface area contributed by atoms with Crippen LogP contribution < -0.4 is 0 Å². The van der Waals surface area contributed by atoms with Crippen molar-refractivity contribution in [1.29, 1.82) is 0 Å². The van der Waals surface area contributed by atoms with Crippen LogP contribution in [0.3, 0.4) is 0 Å². The Bertz CT molecular complexity index is 1050. The van der Waals surface area contributed by atoms with E-state index in [0.717, 1.165) is 43.6 Å². The molecule has 5 rings (SSSR count). The van der Waals surface area contributed by atoms with Crippen molar-refractivity contribution in [3.63, 3.8) is 0 Å². The molecule has 0 aliphatic carbocycles. The van der Waals surface area contributed by atoms with Gasteiger partial charge in [-0.2, -0.15) is 0 Å². The van der Waals surface area contributed by atoms with E-state index in [1.807, 2.05) is 41.6 Å². The minimum Gasteiger partial charge on any atom is -0.440 e. The van der Waals surface area contributed by atoms with Gasteiger partial charge in [-0.05, 0) is 35.7 Å². The van der Waals surface area contributed by atoms with Crippen LogP contribution in [0.1, 0.15) is 36.5 Å². The van der Waals surface area contributed by atoms with Gasteiger partial charge in [-0.25, -0.2) is 4.79 Å². The minimum atomic E-state index is -0.547. The monoisotopic (exact) mass is 427 g/mol. The molecule has 1 atom stereocenters. The topological polar surface area (TPSA) is 45.7 Å². The van der Waals surface area contributed by atoms with Gasteiger partial charge in [-0.3, -0.25) is 14.8 Å². The number of ether oxygens (including phenoxy) is 1. The van der Waals surface area contributed by atoms with Gasteiger partial charge in [0.2, 0.25) is 0 Å². The smallest absolute Gasteiger partial charge is 0.411 e. The molecule has 5 heteroatoms. The molecule has 2 saturated heterocycles. The van der Waals surface area contributed by atoms with Crippen molar-refractivity contribution in [3.8, 4) is 0 Å². The van der Waals surface area contributed by atoms with E-state index in [9.17, 15) is 4.79 Å². The van der Waals surface area contributed by atoms with E-state index < -0.39 is 11.1 Å². The van der Waals surface area contributed by atoms with Crippen molar-refractivity contribution in [2.24, 2.45) is 0 Å². The number of aromatic nitrogens is 1. The molecule has 5 nitrogen and oxygen atoms in total. The molecule has 2 aromatic carbocycles. The average molecular weight is 428 g/mol. The molecule has 2 aliphatic rings. The summed E-state index contributed by atoms with van der Waals surface area (Å²) in [5, 5.41) is 0. The van der Waals surface area contributed by atoms with Crippen LogP contribution in [0.5, 0.6) is 0 Å². The summed E-state index contributed by atoms with van der Waals surface area (Å²) in [6, 6.07) is 24.7. The fraction of sp³-hybridized carbons (Fsp3) is 0.333. The number of likely N-dealkylation sites (tertiary alicyclic amines) is 1. The fourth-order valence-electron chi connectivity index (χ4n) is 5.33. The number of amides is 1. The van der Waals surface area contributed by atoms with Crippen LogP contribution in [0.15, 0.2) is 85.2 Å². The fourth-order valence-corrected chi connectivity index (χ4v) is 5.33. The van der Waals surface area contributed by atoms with E-state index >= 15 is 0 Å². The maximum absolute atomic E-state index is 13.3. The predicted molar refractivity (Wildman–Crippen MR) is 124 cm³/mol. The molecular formula is C27H29N3O2. The second kappa shape index (κ2) is 8.40. The summed E-state index contributed by atoms with van der Waals surface area (Å²) >= 11 is 0. The molecule has 1 aromatic heterocycles. The number of piperidine rings is 1. The summed E-state index contributed by atoms with van der Waals surface area (Å²) in [5.74, 6) is 0. The Morgan fingerprint density at radius 2 is 1.44 bits per heavy atom. The maximum atomic E-state index is 13.3. The minimum absolute atomic E-state index is 0.220. The zero-order valence-corrected chi connectivity index (χ0v) is 18.5. The summed E-state index contributed by atoms with van der Waals surface area (Å²) in [5.41, 5.74) is 2.41. The Morgan fingerprint density at radius 1 is 0.844 bits per heavy atom. The van der Waals surface area contributed by atoms with Crippen LogP contribution in [0.2, 0.25) is 0 Å². The Kier molecular flexibility index (Phi) is 5.43. The molecule has 1 unspecified atom stereocenters. The first-order valence-electron chi connectivity index (χ1n) is 11.3. The van der Waals surface area contributed by atoms with Crippen molar-refractivity contribution in [2.45, 2.75) is 44.0 Å². The lowest BCUT2D eigenvalue weighted by molar-refractivity contribution is -0.0614. The molecule has 1 amide bonds.